The van der Waals surface area contributed by atoms with E-state index in [1.165, 1.54) is 0 Å². The molecule has 2 rings (SSSR count). The Kier molecular flexibility index (Phi) is 6.34. The van der Waals surface area contributed by atoms with Gasteiger partial charge in [-0.3, -0.25) is 4.79 Å². The number of benzene rings is 1. The molecule has 6 nitrogen and oxygen atoms in total. The first-order valence-corrected chi connectivity index (χ1v) is 10.6. The molecule has 0 unspecified atom stereocenters. The number of carbonyl (C=O) groups is 1. The van der Waals surface area contributed by atoms with Gasteiger partial charge in [0.1, 0.15) is 0 Å². The Hall–Kier alpha value is -1.60. The van der Waals surface area contributed by atoms with E-state index in [4.69, 9.17) is 0 Å². The third-order valence-corrected chi connectivity index (χ3v) is 6.26. The van der Waals surface area contributed by atoms with E-state index in [2.05, 4.69) is 5.32 Å². The zero-order valence-corrected chi connectivity index (χ0v) is 17.3. The number of sulfonamides is 1. The summed E-state index contributed by atoms with van der Waals surface area (Å²) in [5, 5.41) is 2.90. The molecule has 1 saturated heterocycles. The highest BCUT2D eigenvalue weighted by atomic mass is 32.2. The Labute approximate surface area is 157 Å². The molecule has 0 aromatic heterocycles. The van der Waals surface area contributed by atoms with Crippen molar-refractivity contribution < 1.29 is 13.2 Å². The minimum atomic E-state index is -3.53. The van der Waals surface area contributed by atoms with E-state index in [9.17, 15) is 13.2 Å². The van der Waals surface area contributed by atoms with E-state index in [1.807, 2.05) is 39.8 Å². The minimum absolute atomic E-state index is 0.117. The lowest BCUT2D eigenvalue weighted by molar-refractivity contribution is -0.117. The summed E-state index contributed by atoms with van der Waals surface area (Å²) in [5.74, 6) is -0.117. The first-order chi connectivity index (χ1) is 12.0. The smallest absolute Gasteiger partial charge is 0.243 e. The molecule has 1 aliphatic heterocycles. The summed E-state index contributed by atoms with van der Waals surface area (Å²) in [6.07, 6.45) is 3.22. The lowest BCUT2D eigenvalue weighted by atomic mass is 9.92. The molecule has 0 radical (unpaired) electrons. The van der Waals surface area contributed by atoms with Crippen LogP contribution >= 0.6 is 0 Å². The summed E-state index contributed by atoms with van der Waals surface area (Å²) in [5.41, 5.74) is 1.17. The first kappa shape index (κ1) is 20.7. The molecule has 7 heteroatoms. The average Bonchev–Trinajstić information content (AvgIpc) is 2.53. The van der Waals surface area contributed by atoms with E-state index < -0.39 is 10.0 Å². The van der Waals surface area contributed by atoms with Crippen molar-refractivity contribution in [1.29, 1.82) is 0 Å². The monoisotopic (exact) mass is 381 g/mol. The zero-order valence-electron chi connectivity index (χ0n) is 16.5. The fourth-order valence-corrected chi connectivity index (χ4v) is 4.64. The van der Waals surface area contributed by atoms with E-state index in [1.54, 1.807) is 22.5 Å². The van der Waals surface area contributed by atoms with Gasteiger partial charge in [-0.2, -0.15) is 4.31 Å². The first-order valence-electron chi connectivity index (χ1n) is 9.12. The van der Waals surface area contributed by atoms with Crippen LogP contribution in [0.5, 0.6) is 0 Å². The fraction of sp³-hybridized carbons (Fsp3) is 0.632. The van der Waals surface area contributed by atoms with Crippen molar-refractivity contribution in [3.05, 3.63) is 18.2 Å². The quantitative estimate of drug-likeness (QED) is 0.850. The van der Waals surface area contributed by atoms with E-state index in [0.29, 0.717) is 25.2 Å². The third-order valence-electron chi connectivity index (χ3n) is 4.37. The van der Waals surface area contributed by atoms with Crippen LogP contribution in [0.4, 0.5) is 11.4 Å². The Morgan fingerprint density at radius 2 is 1.77 bits per heavy atom. The number of hydrogen-bond donors (Lipinski definition) is 1. The van der Waals surface area contributed by atoms with Gasteiger partial charge in [-0.05, 0) is 36.5 Å². The Morgan fingerprint density at radius 1 is 1.15 bits per heavy atom. The van der Waals surface area contributed by atoms with Gasteiger partial charge in [0.2, 0.25) is 15.9 Å². The molecular formula is C19H31N3O3S. The number of nitrogens with one attached hydrogen (secondary N) is 1. The van der Waals surface area contributed by atoms with Crippen LogP contribution in [0.2, 0.25) is 0 Å². The maximum Gasteiger partial charge on any atom is 0.243 e. The van der Waals surface area contributed by atoms with Gasteiger partial charge < -0.3 is 10.2 Å². The average molecular weight is 382 g/mol. The second-order valence-electron chi connectivity index (χ2n) is 8.32. The van der Waals surface area contributed by atoms with Crippen molar-refractivity contribution in [3.8, 4) is 0 Å². The fourth-order valence-electron chi connectivity index (χ4n) is 3.10. The van der Waals surface area contributed by atoms with Crippen LogP contribution in [0.1, 0.15) is 46.5 Å². The van der Waals surface area contributed by atoms with Gasteiger partial charge in [0.15, 0.2) is 0 Å². The Balaban J connectivity index is 2.34. The number of anilines is 2. The molecule has 146 valence electrons. The lowest BCUT2D eigenvalue weighted by Crippen LogP contribution is -2.35. The molecule has 1 heterocycles. The van der Waals surface area contributed by atoms with Crippen molar-refractivity contribution in [3.63, 3.8) is 0 Å². The van der Waals surface area contributed by atoms with Gasteiger partial charge in [0, 0.05) is 33.6 Å². The highest BCUT2D eigenvalue weighted by molar-refractivity contribution is 7.89. The number of rotatable bonds is 5. The SMILES string of the molecule is CN(C)c1ccc(S(=O)(=O)N2CCCCC2)cc1NC(=O)CC(C)(C)C. The molecule has 0 saturated carbocycles. The van der Waals surface area contributed by atoms with Crippen LogP contribution in [0, 0.1) is 5.41 Å². The summed E-state index contributed by atoms with van der Waals surface area (Å²) in [6, 6.07) is 4.96. The molecule has 1 N–H and O–H groups in total. The molecule has 0 aliphatic carbocycles. The highest BCUT2D eigenvalue weighted by Crippen LogP contribution is 2.31. The van der Waals surface area contributed by atoms with Crippen molar-refractivity contribution >= 4 is 27.3 Å². The molecule has 1 aromatic rings. The number of piperidine rings is 1. The topological polar surface area (TPSA) is 69.7 Å². The van der Waals surface area contributed by atoms with Crippen LogP contribution in [-0.2, 0) is 14.8 Å². The predicted octanol–water partition coefficient (Wildman–Crippen LogP) is 3.30. The summed E-state index contributed by atoms with van der Waals surface area (Å²) < 4.78 is 27.4. The molecule has 0 bridgehead atoms. The summed E-state index contributed by atoms with van der Waals surface area (Å²) >= 11 is 0. The number of hydrogen-bond acceptors (Lipinski definition) is 4. The van der Waals surface area contributed by atoms with Gasteiger partial charge >= 0.3 is 0 Å². The molecule has 0 atom stereocenters. The van der Waals surface area contributed by atoms with Gasteiger partial charge in [-0.1, -0.05) is 27.2 Å². The van der Waals surface area contributed by atoms with Gasteiger partial charge in [0.25, 0.3) is 0 Å². The normalized spacial score (nSPS) is 16.3. The standard InChI is InChI=1S/C19H31N3O3S/c1-19(2,3)14-18(23)20-16-13-15(9-10-17(16)21(4)5)26(24,25)22-11-7-6-8-12-22/h9-10,13H,6-8,11-12,14H2,1-5H3,(H,20,23). The number of amides is 1. The van der Waals surface area contributed by atoms with E-state index >= 15 is 0 Å². The van der Waals surface area contributed by atoms with Crippen LogP contribution in [0.15, 0.2) is 23.1 Å². The molecular weight excluding hydrogens is 350 g/mol. The van der Waals surface area contributed by atoms with Gasteiger partial charge in [-0.15, -0.1) is 0 Å². The minimum Gasteiger partial charge on any atom is -0.376 e. The molecule has 1 aromatic carbocycles. The van der Waals surface area contributed by atoms with Crippen molar-refractivity contribution in [1.82, 2.24) is 4.31 Å². The third kappa shape index (κ3) is 5.20. The van der Waals surface area contributed by atoms with Gasteiger partial charge in [0.05, 0.1) is 16.3 Å². The van der Waals surface area contributed by atoms with Crippen molar-refractivity contribution in [2.45, 2.75) is 51.3 Å². The van der Waals surface area contributed by atoms with E-state index in [-0.39, 0.29) is 16.2 Å². The van der Waals surface area contributed by atoms with Crippen LogP contribution in [0.3, 0.4) is 0 Å². The molecule has 0 spiro atoms. The lowest BCUT2D eigenvalue weighted by Gasteiger charge is -2.27. The summed E-state index contributed by atoms with van der Waals surface area (Å²) in [7, 11) is 0.203. The van der Waals surface area contributed by atoms with Crippen LogP contribution in [0.25, 0.3) is 0 Å². The van der Waals surface area contributed by atoms with E-state index in [0.717, 1.165) is 24.9 Å². The molecule has 1 amide bonds. The summed E-state index contributed by atoms with van der Waals surface area (Å²) in [4.78, 5) is 14.5. The second kappa shape index (κ2) is 7.96. The predicted molar refractivity (Wildman–Crippen MR) is 106 cm³/mol. The largest absolute Gasteiger partial charge is 0.376 e. The second-order valence-corrected chi connectivity index (χ2v) is 10.3. The molecule has 1 fully saturated rings. The Bertz CT molecular complexity index is 746. The zero-order chi connectivity index (χ0) is 19.5. The maximum absolute atomic E-state index is 12.9. The highest BCUT2D eigenvalue weighted by Gasteiger charge is 2.27. The van der Waals surface area contributed by atoms with Gasteiger partial charge in [-0.25, -0.2) is 8.42 Å². The van der Waals surface area contributed by atoms with Crippen LogP contribution in [-0.4, -0.2) is 45.8 Å². The van der Waals surface area contributed by atoms with Crippen LogP contribution < -0.4 is 10.2 Å². The van der Waals surface area contributed by atoms with Crippen molar-refractivity contribution in [2.75, 3.05) is 37.4 Å². The number of nitrogens with zero attached hydrogens (tertiary/aromatic N) is 2. The molecule has 1 aliphatic rings. The summed E-state index contributed by atoms with van der Waals surface area (Å²) in [6.45, 7) is 7.11. The Morgan fingerprint density at radius 3 is 2.31 bits per heavy atom. The molecule has 26 heavy (non-hydrogen) atoms. The van der Waals surface area contributed by atoms with Crippen molar-refractivity contribution in [2.24, 2.45) is 5.41 Å². The number of carbonyl (C=O) groups excluding carboxylic acids is 1. The maximum atomic E-state index is 12.9.